The predicted octanol–water partition coefficient (Wildman–Crippen LogP) is 5.87. The monoisotopic (exact) mass is 428 g/mol. The molecule has 3 N–H and O–H groups in total. The number of quaternary nitrogens is 1. The molecule has 1 atom stereocenters. The van der Waals surface area contributed by atoms with Gasteiger partial charge >= 0.3 is 0 Å². The number of aromatic amines is 1. The summed E-state index contributed by atoms with van der Waals surface area (Å²) >= 11 is 0. The number of nitriles is 1. The van der Waals surface area contributed by atoms with Crippen molar-refractivity contribution in [1.29, 1.82) is 5.26 Å². The summed E-state index contributed by atoms with van der Waals surface area (Å²) in [5, 5.41) is 10.7. The first kappa shape index (κ1) is 27.2. The lowest BCUT2D eigenvalue weighted by atomic mass is 9.94. The Morgan fingerprint density at radius 3 is 2.16 bits per heavy atom. The highest BCUT2D eigenvalue weighted by molar-refractivity contribution is 5.04. The number of aryl methyl sites for hydroxylation is 2. The Bertz CT molecular complexity index is 638. The van der Waals surface area contributed by atoms with E-state index in [-0.39, 0.29) is 0 Å². The SMILES string of the molecule is C=C(C)C(/C=C\[NH2+]CCC#N)CCCCCCCCCCCCCC[n+]1cc[nH]c1C. The number of aromatic nitrogens is 2. The third-order valence-corrected chi connectivity index (χ3v) is 6.18. The van der Waals surface area contributed by atoms with Gasteiger partial charge in [-0.05, 0) is 32.3 Å². The Morgan fingerprint density at radius 2 is 1.65 bits per heavy atom. The number of hydrogen-bond donors (Lipinski definition) is 2. The van der Waals surface area contributed by atoms with Crippen molar-refractivity contribution in [1.82, 2.24) is 4.98 Å². The first-order chi connectivity index (χ1) is 15.1. The van der Waals surface area contributed by atoms with Crippen molar-refractivity contribution < 1.29 is 9.88 Å². The molecule has 0 bridgehead atoms. The molecule has 0 aliphatic carbocycles. The van der Waals surface area contributed by atoms with Crippen LogP contribution in [0.3, 0.4) is 0 Å². The van der Waals surface area contributed by atoms with Crippen molar-refractivity contribution in [2.75, 3.05) is 6.54 Å². The van der Waals surface area contributed by atoms with Crippen molar-refractivity contribution in [3.05, 3.63) is 42.6 Å². The maximum atomic E-state index is 8.57. The minimum atomic E-state index is 0.490. The molecular weight excluding hydrogens is 380 g/mol. The van der Waals surface area contributed by atoms with E-state index < -0.39 is 0 Å². The molecule has 0 saturated heterocycles. The first-order valence-electron chi connectivity index (χ1n) is 12.7. The van der Waals surface area contributed by atoms with Crippen LogP contribution in [0.1, 0.15) is 103 Å². The van der Waals surface area contributed by atoms with Gasteiger partial charge < -0.3 is 5.32 Å². The number of H-pyrrole nitrogens is 1. The fourth-order valence-electron chi connectivity index (χ4n) is 4.06. The van der Waals surface area contributed by atoms with Crippen LogP contribution in [0.5, 0.6) is 0 Å². The van der Waals surface area contributed by atoms with Crippen LogP contribution in [0.25, 0.3) is 0 Å². The summed E-state index contributed by atoms with van der Waals surface area (Å²) in [5.41, 5.74) is 1.25. The lowest BCUT2D eigenvalue weighted by molar-refractivity contribution is -0.702. The molecule has 1 aromatic heterocycles. The topological polar surface area (TPSA) is 60.1 Å². The van der Waals surface area contributed by atoms with E-state index in [1.165, 1.54) is 94.9 Å². The number of allylic oxidation sites excluding steroid dienone is 2. The summed E-state index contributed by atoms with van der Waals surface area (Å²) in [5.74, 6) is 1.75. The van der Waals surface area contributed by atoms with E-state index in [1.54, 1.807) is 0 Å². The highest BCUT2D eigenvalue weighted by Crippen LogP contribution is 2.19. The van der Waals surface area contributed by atoms with Gasteiger partial charge in [-0.3, -0.25) is 0 Å². The molecule has 0 saturated carbocycles. The van der Waals surface area contributed by atoms with E-state index in [9.17, 15) is 0 Å². The number of hydrogen-bond acceptors (Lipinski definition) is 1. The van der Waals surface area contributed by atoms with Crippen molar-refractivity contribution in [3.63, 3.8) is 0 Å². The molecule has 174 valence electrons. The molecule has 31 heavy (non-hydrogen) atoms. The molecule has 4 nitrogen and oxygen atoms in total. The van der Waals surface area contributed by atoms with Crippen LogP contribution in [0.4, 0.5) is 0 Å². The number of nitrogens with zero attached hydrogens (tertiary/aromatic N) is 2. The van der Waals surface area contributed by atoms with Gasteiger partial charge in [0, 0.05) is 12.8 Å². The Labute approximate surface area is 191 Å². The van der Waals surface area contributed by atoms with Gasteiger partial charge in [0.2, 0.25) is 0 Å². The first-order valence-corrected chi connectivity index (χ1v) is 12.7. The zero-order valence-corrected chi connectivity index (χ0v) is 20.4. The third kappa shape index (κ3) is 14.7. The van der Waals surface area contributed by atoms with Crippen LogP contribution < -0.4 is 9.88 Å². The molecule has 4 heteroatoms. The highest BCUT2D eigenvalue weighted by Gasteiger charge is 2.06. The predicted molar refractivity (Wildman–Crippen MR) is 130 cm³/mol. The van der Waals surface area contributed by atoms with Gasteiger partial charge in [-0.2, -0.15) is 5.26 Å². The quantitative estimate of drug-likeness (QED) is 0.152. The molecule has 0 fully saturated rings. The molecule has 0 spiro atoms. The van der Waals surface area contributed by atoms with E-state index in [1.807, 2.05) is 6.20 Å². The molecule has 1 rings (SSSR count). The van der Waals surface area contributed by atoms with Crippen molar-refractivity contribution in [3.8, 4) is 6.07 Å². The molecule has 0 radical (unpaired) electrons. The molecule has 0 aliphatic heterocycles. The number of rotatable bonds is 20. The number of imidazole rings is 1. The van der Waals surface area contributed by atoms with E-state index in [4.69, 9.17) is 5.26 Å². The van der Waals surface area contributed by atoms with Crippen molar-refractivity contribution in [2.45, 2.75) is 110 Å². The zero-order valence-electron chi connectivity index (χ0n) is 20.4. The van der Waals surface area contributed by atoms with E-state index >= 15 is 0 Å². The van der Waals surface area contributed by atoms with Gasteiger partial charge in [0.1, 0.15) is 12.4 Å². The Kier molecular flexibility index (Phi) is 16.5. The van der Waals surface area contributed by atoms with Crippen LogP contribution in [0.15, 0.2) is 36.8 Å². The van der Waals surface area contributed by atoms with Crippen LogP contribution in [-0.4, -0.2) is 11.5 Å². The van der Waals surface area contributed by atoms with Gasteiger partial charge in [0.05, 0.1) is 31.8 Å². The lowest BCUT2D eigenvalue weighted by Gasteiger charge is -2.11. The van der Waals surface area contributed by atoms with Crippen LogP contribution in [0, 0.1) is 24.2 Å². The molecule has 1 aromatic rings. The number of nitrogens with two attached hydrogens (primary N) is 1. The summed E-state index contributed by atoms with van der Waals surface area (Å²) in [6, 6.07) is 2.18. The third-order valence-electron chi connectivity index (χ3n) is 6.18. The second-order valence-corrected chi connectivity index (χ2v) is 9.04. The summed E-state index contributed by atoms with van der Waals surface area (Å²) in [4.78, 5) is 3.23. The summed E-state index contributed by atoms with van der Waals surface area (Å²) in [6.07, 6.45) is 26.8. The Hall–Kier alpha value is -1.86. The van der Waals surface area contributed by atoms with Crippen LogP contribution in [0.2, 0.25) is 0 Å². The average Bonchev–Trinajstić information content (AvgIpc) is 3.16. The molecule has 0 aliphatic rings. The van der Waals surface area contributed by atoms with E-state index in [0.717, 1.165) is 13.1 Å². The molecule has 0 aromatic carbocycles. The highest BCUT2D eigenvalue weighted by atomic mass is 15.0. The normalized spacial score (nSPS) is 12.3. The summed E-state index contributed by atoms with van der Waals surface area (Å²) < 4.78 is 2.31. The maximum absolute atomic E-state index is 8.57. The van der Waals surface area contributed by atoms with Crippen molar-refractivity contribution in [2.24, 2.45) is 5.92 Å². The molecule has 1 heterocycles. The van der Waals surface area contributed by atoms with Gasteiger partial charge in [0.15, 0.2) is 0 Å². The maximum Gasteiger partial charge on any atom is 0.251 e. The Morgan fingerprint density at radius 1 is 1.06 bits per heavy atom. The van der Waals surface area contributed by atoms with Gasteiger partial charge in [-0.15, -0.1) is 0 Å². The van der Waals surface area contributed by atoms with Gasteiger partial charge in [-0.25, -0.2) is 9.55 Å². The smallest absolute Gasteiger partial charge is 0.251 e. The van der Waals surface area contributed by atoms with E-state index in [2.05, 4.69) is 59.8 Å². The van der Waals surface area contributed by atoms with Gasteiger partial charge in [-0.1, -0.05) is 76.4 Å². The van der Waals surface area contributed by atoms with E-state index in [0.29, 0.717) is 12.3 Å². The molecular formula is C27H48N4+2. The largest absolute Gasteiger partial charge is 0.319 e. The lowest BCUT2D eigenvalue weighted by Crippen LogP contribution is -2.78. The molecule has 1 unspecified atom stereocenters. The summed E-state index contributed by atoms with van der Waals surface area (Å²) in [6.45, 7) is 10.4. The zero-order chi connectivity index (χ0) is 22.6. The summed E-state index contributed by atoms with van der Waals surface area (Å²) in [7, 11) is 0. The van der Waals surface area contributed by atoms with Crippen LogP contribution >= 0.6 is 0 Å². The minimum Gasteiger partial charge on any atom is -0.319 e. The van der Waals surface area contributed by atoms with Gasteiger partial charge in [0.25, 0.3) is 5.82 Å². The second kappa shape index (κ2) is 18.9. The Balaban J connectivity index is 1.87. The number of unbranched alkanes of at least 4 members (excludes halogenated alkanes) is 11. The fourth-order valence-corrected chi connectivity index (χ4v) is 4.06. The minimum absolute atomic E-state index is 0.490. The second-order valence-electron chi connectivity index (χ2n) is 9.04. The fraction of sp³-hybridized carbons (Fsp3) is 0.704. The average molecular weight is 429 g/mol. The van der Waals surface area contributed by atoms with Crippen LogP contribution in [-0.2, 0) is 6.54 Å². The molecule has 0 amide bonds. The standard InChI is InChI=1S/C27H46N4/c1-25(2)27(18-21-29-20-16-19-28)17-14-12-10-8-6-4-5-7-9-11-13-15-23-31-24-22-30-26(31)3/h18,21-22,24,27,29H,1,4-17,20,23H2,2-3H3/p+2/b21-18-. The van der Waals surface area contributed by atoms with Crippen molar-refractivity contribution >= 4 is 0 Å². The number of nitrogens with one attached hydrogen (secondary N) is 1.